The van der Waals surface area contributed by atoms with Crippen LogP contribution in [0, 0.1) is 13.8 Å². The number of para-hydroxylation sites is 1. The van der Waals surface area contributed by atoms with E-state index in [1.165, 1.54) is 6.21 Å². The number of amides is 3. The summed E-state index contributed by atoms with van der Waals surface area (Å²) in [6, 6.07) is 20.1. The molecule has 0 radical (unpaired) electrons. The number of nitrogens with one attached hydrogen (secondary N) is 3. The van der Waals surface area contributed by atoms with E-state index in [1.54, 1.807) is 18.2 Å². The van der Waals surface area contributed by atoms with Gasteiger partial charge in [-0.2, -0.15) is 5.10 Å². The first-order valence-electron chi connectivity index (χ1n) is 11.8. The molecule has 0 atom stereocenters. The normalized spacial score (nSPS) is 10.6. The maximum Gasteiger partial charge on any atom is 0.329 e. The van der Waals surface area contributed by atoms with E-state index >= 15 is 0 Å². The molecule has 9 nitrogen and oxygen atoms in total. The first-order chi connectivity index (χ1) is 17.9. The van der Waals surface area contributed by atoms with Crippen LogP contribution in [0.1, 0.15) is 29.2 Å². The number of nitrogens with zero attached hydrogens (tertiary/aromatic N) is 1. The van der Waals surface area contributed by atoms with Crippen molar-refractivity contribution in [3.05, 3.63) is 89.0 Å². The molecule has 3 N–H and O–H groups in total. The van der Waals surface area contributed by atoms with Gasteiger partial charge < -0.3 is 20.1 Å². The van der Waals surface area contributed by atoms with Crippen LogP contribution in [0.25, 0.3) is 0 Å². The van der Waals surface area contributed by atoms with Gasteiger partial charge in [-0.1, -0.05) is 48.0 Å². The largest absolute Gasteiger partial charge is 0.490 e. The summed E-state index contributed by atoms with van der Waals surface area (Å²) in [5.41, 5.74) is 6.46. The number of carbonyl (C=O) groups excluding carboxylic acids is 3. The van der Waals surface area contributed by atoms with Crippen LogP contribution in [0.5, 0.6) is 11.5 Å². The zero-order valence-corrected chi connectivity index (χ0v) is 21.0. The fraction of sp³-hybridized carbons (Fsp3) is 0.214. The van der Waals surface area contributed by atoms with Crippen LogP contribution in [0.4, 0.5) is 5.69 Å². The minimum Gasteiger partial charge on any atom is -0.490 e. The fourth-order valence-corrected chi connectivity index (χ4v) is 3.22. The second-order valence-corrected chi connectivity index (χ2v) is 8.16. The van der Waals surface area contributed by atoms with Crippen molar-refractivity contribution in [2.45, 2.75) is 27.3 Å². The number of aryl methyl sites for hydroxylation is 2. The molecular weight excluding hydrogens is 472 g/mol. The number of benzene rings is 3. The molecule has 0 unspecified atom stereocenters. The van der Waals surface area contributed by atoms with Gasteiger partial charge in [-0.05, 0) is 61.7 Å². The monoisotopic (exact) mass is 502 g/mol. The molecule has 0 fully saturated rings. The summed E-state index contributed by atoms with van der Waals surface area (Å²) in [7, 11) is 0. The maximum atomic E-state index is 12.3. The zero-order chi connectivity index (χ0) is 26.6. The van der Waals surface area contributed by atoms with Crippen LogP contribution in [-0.4, -0.2) is 37.1 Å². The molecule has 3 rings (SSSR count). The van der Waals surface area contributed by atoms with E-state index in [4.69, 9.17) is 9.47 Å². The Morgan fingerprint density at radius 2 is 1.65 bits per heavy atom. The lowest BCUT2D eigenvalue weighted by molar-refractivity contribution is -0.139. The molecule has 0 spiro atoms. The van der Waals surface area contributed by atoms with Gasteiger partial charge in [0.15, 0.2) is 18.1 Å². The van der Waals surface area contributed by atoms with E-state index in [-0.39, 0.29) is 19.1 Å². The van der Waals surface area contributed by atoms with Gasteiger partial charge >= 0.3 is 11.8 Å². The number of hydrazone groups is 1. The molecular formula is C28H30N4O5. The molecule has 0 aliphatic rings. The molecule has 0 aromatic heterocycles. The first kappa shape index (κ1) is 26.9. The number of anilines is 1. The van der Waals surface area contributed by atoms with Gasteiger partial charge in [0, 0.05) is 12.2 Å². The number of hydrogen-bond donors (Lipinski definition) is 3. The van der Waals surface area contributed by atoms with Crippen LogP contribution in [0.3, 0.4) is 0 Å². The SMILES string of the molecule is CCOc1cc(/C=N\NC(=O)C(=O)NCc2ccc(C)cc2)ccc1OCC(=O)Nc1ccccc1C. The van der Waals surface area contributed by atoms with Crippen molar-refractivity contribution < 1.29 is 23.9 Å². The number of ether oxygens (including phenoxy) is 2. The molecule has 37 heavy (non-hydrogen) atoms. The predicted octanol–water partition coefficient (Wildman–Crippen LogP) is 3.49. The lowest BCUT2D eigenvalue weighted by Crippen LogP contribution is -2.37. The van der Waals surface area contributed by atoms with Crippen molar-refractivity contribution >= 4 is 29.6 Å². The van der Waals surface area contributed by atoms with E-state index < -0.39 is 11.8 Å². The Morgan fingerprint density at radius 3 is 2.38 bits per heavy atom. The summed E-state index contributed by atoms with van der Waals surface area (Å²) in [6.45, 7) is 6.12. The Hall–Kier alpha value is -4.66. The molecule has 3 aromatic carbocycles. The average Bonchev–Trinajstić information content (AvgIpc) is 2.89. The third kappa shape index (κ3) is 8.50. The van der Waals surface area contributed by atoms with Crippen molar-refractivity contribution in [3.63, 3.8) is 0 Å². The fourth-order valence-electron chi connectivity index (χ4n) is 3.22. The van der Waals surface area contributed by atoms with E-state index in [9.17, 15) is 14.4 Å². The topological polar surface area (TPSA) is 118 Å². The van der Waals surface area contributed by atoms with E-state index in [2.05, 4.69) is 21.2 Å². The summed E-state index contributed by atoms with van der Waals surface area (Å²) in [5.74, 6) is -1.17. The van der Waals surface area contributed by atoms with E-state index in [0.29, 0.717) is 23.7 Å². The van der Waals surface area contributed by atoms with Crippen molar-refractivity contribution in [2.75, 3.05) is 18.5 Å². The lowest BCUT2D eigenvalue weighted by Gasteiger charge is -2.13. The molecule has 0 saturated heterocycles. The zero-order valence-electron chi connectivity index (χ0n) is 21.0. The Bertz CT molecular complexity index is 1270. The predicted molar refractivity (Wildman–Crippen MR) is 142 cm³/mol. The number of rotatable bonds is 10. The summed E-state index contributed by atoms with van der Waals surface area (Å²) in [6.07, 6.45) is 1.38. The third-order valence-electron chi connectivity index (χ3n) is 5.21. The highest BCUT2D eigenvalue weighted by atomic mass is 16.5. The Kier molecular flexibility index (Phi) is 9.78. The van der Waals surface area contributed by atoms with Crippen LogP contribution >= 0.6 is 0 Å². The van der Waals surface area contributed by atoms with Crippen molar-refractivity contribution in [1.29, 1.82) is 0 Å². The van der Waals surface area contributed by atoms with Crippen molar-refractivity contribution in [1.82, 2.24) is 10.7 Å². The van der Waals surface area contributed by atoms with Crippen LogP contribution in [0.2, 0.25) is 0 Å². The number of hydrogen-bond acceptors (Lipinski definition) is 6. The van der Waals surface area contributed by atoms with Gasteiger partial charge in [0.05, 0.1) is 12.8 Å². The van der Waals surface area contributed by atoms with Gasteiger partial charge in [-0.15, -0.1) is 0 Å². The summed E-state index contributed by atoms with van der Waals surface area (Å²) >= 11 is 0. The van der Waals surface area contributed by atoms with Crippen LogP contribution in [-0.2, 0) is 20.9 Å². The van der Waals surface area contributed by atoms with Crippen molar-refractivity contribution in [3.8, 4) is 11.5 Å². The molecule has 0 aliphatic carbocycles. The van der Waals surface area contributed by atoms with Gasteiger partial charge in [-0.3, -0.25) is 14.4 Å². The highest BCUT2D eigenvalue weighted by Gasteiger charge is 2.13. The molecule has 192 valence electrons. The molecule has 3 amide bonds. The molecule has 0 heterocycles. The first-order valence-corrected chi connectivity index (χ1v) is 11.8. The second kappa shape index (κ2) is 13.4. The molecule has 0 bridgehead atoms. The number of carbonyl (C=O) groups is 3. The Morgan fingerprint density at radius 1 is 0.892 bits per heavy atom. The second-order valence-electron chi connectivity index (χ2n) is 8.16. The van der Waals surface area contributed by atoms with Crippen LogP contribution in [0.15, 0.2) is 71.8 Å². The Labute approximate surface area is 215 Å². The third-order valence-corrected chi connectivity index (χ3v) is 5.21. The van der Waals surface area contributed by atoms with Gasteiger partial charge in [0.1, 0.15) is 0 Å². The van der Waals surface area contributed by atoms with E-state index in [1.807, 2.05) is 69.3 Å². The molecule has 3 aromatic rings. The highest BCUT2D eigenvalue weighted by molar-refractivity contribution is 6.35. The highest BCUT2D eigenvalue weighted by Crippen LogP contribution is 2.28. The lowest BCUT2D eigenvalue weighted by atomic mass is 10.1. The quantitative estimate of drug-likeness (QED) is 0.223. The van der Waals surface area contributed by atoms with E-state index in [0.717, 1.165) is 22.4 Å². The molecule has 0 aliphatic heterocycles. The van der Waals surface area contributed by atoms with Crippen molar-refractivity contribution in [2.24, 2.45) is 5.10 Å². The van der Waals surface area contributed by atoms with Gasteiger partial charge in [-0.25, -0.2) is 5.43 Å². The minimum atomic E-state index is -0.881. The van der Waals surface area contributed by atoms with Gasteiger partial charge in [0.25, 0.3) is 5.91 Å². The molecule has 9 heteroatoms. The smallest absolute Gasteiger partial charge is 0.329 e. The summed E-state index contributed by atoms with van der Waals surface area (Å²) < 4.78 is 11.3. The average molecular weight is 503 g/mol. The Balaban J connectivity index is 1.52. The van der Waals surface area contributed by atoms with Crippen LogP contribution < -0.4 is 25.5 Å². The standard InChI is InChI=1S/C28H30N4O5/c1-4-36-25-15-22(13-14-24(25)37-18-26(33)31-23-8-6-5-7-20(23)3)17-30-32-28(35)27(34)29-16-21-11-9-19(2)10-12-21/h5-15,17H,4,16,18H2,1-3H3,(H,29,34)(H,31,33)(H,32,35)/b30-17-. The minimum absolute atomic E-state index is 0.199. The maximum absolute atomic E-state index is 12.3. The molecule has 0 saturated carbocycles. The summed E-state index contributed by atoms with van der Waals surface area (Å²) in [5, 5.41) is 9.20. The van der Waals surface area contributed by atoms with Gasteiger partial charge in [0.2, 0.25) is 0 Å². The summed E-state index contributed by atoms with van der Waals surface area (Å²) in [4.78, 5) is 36.3.